The number of nitrogens with zero attached hydrogens (tertiary/aromatic N) is 5. The number of halogens is 1. The lowest BCUT2D eigenvalue weighted by Crippen LogP contribution is -2.37. The lowest BCUT2D eigenvalue weighted by molar-refractivity contribution is 0.333. The minimum atomic E-state index is -0.289. The van der Waals surface area contributed by atoms with E-state index >= 15 is 0 Å². The van der Waals surface area contributed by atoms with E-state index in [9.17, 15) is 9.18 Å². The molecule has 144 valence electrons. The zero-order valence-electron chi connectivity index (χ0n) is 15.6. The molecule has 1 saturated heterocycles. The van der Waals surface area contributed by atoms with Gasteiger partial charge in [0, 0.05) is 37.2 Å². The van der Waals surface area contributed by atoms with E-state index in [4.69, 9.17) is 0 Å². The summed E-state index contributed by atoms with van der Waals surface area (Å²) in [5.74, 6) is 0.992. The standard InChI is InChI=1S/C21H22FN5O/c22-16-4-5-17-19(11-16)23-13-24-21(17)26-8-6-14(7-9-26)12-27-20(28)10-15-2-1-3-18(15)25-27/h4-5,10-11,13-14H,1-3,6-9,12H2. The van der Waals surface area contributed by atoms with Crippen molar-refractivity contribution < 1.29 is 4.39 Å². The third-order valence-corrected chi connectivity index (χ3v) is 5.95. The highest BCUT2D eigenvalue weighted by molar-refractivity contribution is 5.89. The Hall–Kier alpha value is -2.83. The van der Waals surface area contributed by atoms with Gasteiger partial charge in [0.2, 0.25) is 0 Å². The topological polar surface area (TPSA) is 63.9 Å². The first kappa shape index (κ1) is 17.3. The van der Waals surface area contributed by atoms with Gasteiger partial charge in [-0.25, -0.2) is 19.0 Å². The lowest BCUT2D eigenvalue weighted by Gasteiger charge is -2.33. The van der Waals surface area contributed by atoms with Crippen LogP contribution in [0.25, 0.3) is 10.9 Å². The Morgan fingerprint density at radius 1 is 1.11 bits per heavy atom. The Labute approximate surface area is 162 Å². The molecular weight excluding hydrogens is 357 g/mol. The Kier molecular flexibility index (Phi) is 4.30. The average molecular weight is 379 g/mol. The van der Waals surface area contributed by atoms with Crippen molar-refractivity contribution in [3.8, 4) is 0 Å². The summed E-state index contributed by atoms with van der Waals surface area (Å²) < 4.78 is 15.1. The minimum Gasteiger partial charge on any atom is -0.356 e. The number of piperidine rings is 1. The summed E-state index contributed by atoms with van der Waals surface area (Å²) in [5, 5.41) is 5.48. The van der Waals surface area contributed by atoms with Crippen LogP contribution >= 0.6 is 0 Å². The van der Waals surface area contributed by atoms with Crippen LogP contribution in [0.1, 0.15) is 30.5 Å². The maximum absolute atomic E-state index is 13.5. The molecule has 7 heteroatoms. The van der Waals surface area contributed by atoms with Crippen molar-refractivity contribution in [3.63, 3.8) is 0 Å². The second-order valence-electron chi connectivity index (χ2n) is 7.78. The highest BCUT2D eigenvalue weighted by Crippen LogP contribution is 2.28. The maximum Gasteiger partial charge on any atom is 0.267 e. The number of aryl methyl sites for hydroxylation is 2. The Bertz CT molecular complexity index is 1090. The van der Waals surface area contributed by atoms with Crippen LogP contribution in [0.15, 0.2) is 35.4 Å². The fourth-order valence-electron chi connectivity index (χ4n) is 4.41. The maximum atomic E-state index is 13.5. The molecule has 1 fully saturated rings. The first-order valence-corrected chi connectivity index (χ1v) is 9.92. The summed E-state index contributed by atoms with van der Waals surface area (Å²) >= 11 is 0. The highest BCUT2D eigenvalue weighted by Gasteiger charge is 2.23. The van der Waals surface area contributed by atoms with Crippen molar-refractivity contribution in [1.82, 2.24) is 19.7 Å². The molecule has 0 bridgehead atoms. The van der Waals surface area contributed by atoms with Gasteiger partial charge in [0.1, 0.15) is 18.0 Å². The van der Waals surface area contributed by atoms with Gasteiger partial charge < -0.3 is 4.90 Å². The Morgan fingerprint density at radius 3 is 2.82 bits per heavy atom. The zero-order chi connectivity index (χ0) is 19.1. The molecule has 2 aliphatic rings. The predicted molar refractivity (Wildman–Crippen MR) is 105 cm³/mol. The number of hydrogen-bond acceptors (Lipinski definition) is 5. The van der Waals surface area contributed by atoms with Gasteiger partial charge in [0.15, 0.2) is 0 Å². The summed E-state index contributed by atoms with van der Waals surface area (Å²) in [7, 11) is 0. The van der Waals surface area contributed by atoms with Crippen LogP contribution < -0.4 is 10.5 Å². The number of fused-ring (bicyclic) bond motifs is 2. The molecule has 3 heterocycles. The summed E-state index contributed by atoms with van der Waals surface area (Å²) in [6, 6.07) is 6.42. The van der Waals surface area contributed by atoms with Gasteiger partial charge in [-0.2, -0.15) is 5.10 Å². The fourth-order valence-corrected chi connectivity index (χ4v) is 4.41. The predicted octanol–water partition coefficient (Wildman–Crippen LogP) is 2.73. The third-order valence-electron chi connectivity index (χ3n) is 5.95. The molecular formula is C21H22FN5O. The van der Waals surface area contributed by atoms with Gasteiger partial charge in [0.25, 0.3) is 5.56 Å². The van der Waals surface area contributed by atoms with Crippen molar-refractivity contribution in [3.05, 3.63) is 58.0 Å². The summed E-state index contributed by atoms with van der Waals surface area (Å²) in [4.78, 5) is 23.2. The number of hydrogen-bond donors (Lipinski definition) is 0. The van der Waals surface area contributed by atoms with Crippen molar-refractivity contribution in [2.45, 2.75) is 38.6 Å². The van der Waals surface area contributed by atoms with Crippen LogP contribution in [0, 0.1) is 11.7 Å². The van der Waals surface area contributed by atoms with Gasteiger partial charge >= 0.3 is 0 Å². The largest absolute Gasteiger partial charge is 0.356 e. The molecule has 0 spiro atoms. The average Bonchev–Trinajstić information content (AvgIpc) is 3.15. The molecule has 28 heavy (non-hydrogen) atoms. The van der Waals surface area contributed by atoms with E-state index in [-0.39, 0.29) is 11.4 Å². The summed E-state index contributed by atoms with van der Waals surface area (Å²) in [5.41, 5.74) is 2.87. The van der Waals surface area contributed by atoms with Crippen LogP contribution in [0.4, 0.5) is 10.2 Å². The Balaban J connectivity index is 1.30. The van der Waals surface area contributed by atoms with E-state index in [1.165, 1.54) is 18.5 Å². The van der Waals surface area contributed by atoms with Crippen LogP contribution in [0.5, 0.6) is 0 Å². The van der Waals surface area contributed by atoms with Crippen molar-refractivity contribution in [2.24, 2.45) is 5.92 Å². The van der Waals surface area contributed by atoms with E-state index in [0.717, 1.165) is 67.7 Å². The van der Waals surface area contributed by atoms with E-state index in [1.807, 2.05) is 0 Å². The van der Waals surface area contributed by atoms with Gasteiger partial charge in [-0.1, -0.05) is 0 Å². The van der Waals surface area contributed by atoms with Crippen LogP contribution in [-0.4, -0.2) is 32.8 Å². The molecule has 5 rings (SSSR count). The second kappa shape index (κ2) is 6.96. The van der Waals surface area contributed by atoms with Gasteiger partial charge in [-0.15, -0.1) is 0 Å². The molecule has 1 aliphatic heterocycles. The molecule has 0 saturated carbocycles. The van der Waals surface area contributed by atoms with Gasteiger partial charge in [-0.3, -0.25) is 4.79 Å². The highest BCUT2D eigenvalue weighted by atomic mass is 19.1. The summed E-state index contributed by atoms with van der Waals surface area (Å²) in [6.07, 6.45) is 6.50. The van der Waals surface area contributed by atoms with Crippen LogP contribution in [0.2, 0.25) is 0 Å². The van der Waals surface area contributed by atoms with E-state index in [0.29, 0.717) is 18.0 Å². The quantitative estimate of drug-likeness (QED) is 0.700. The normalized spacial score (nSPS) is 17.2. The monoisotopic (exact) mass is 379 g/mol. The molecule has 0 atom stereocenters. The van der Waals surface area contributed by atoms with E-state index < -0.39 is 0 Å². The van der Waals surface area contributed by atoms with Crippen molar-refractivity contribution in [1.29, 1.82) is 0 Å². The SMILES string of the molecule is O=c1cc2c(nn1CC1CCN(c3ncnc4cc(F)ccc34)CC1)CCC2. The molecule has 1 aliphatic carbocycles. The first-order valence-electron chi connectivity index (χ1n) is 9.92. The number of benzene rings is 1. The summed E-state index contributed by atoms with van der Waals surface area (Å²) in [6.45, 7) is 2.39. The van der Waals surface area contributed by atoms with Crippen molar-refractivity contribution >= 4 is 16.7 Å². The molecule has 3 aromatic rings. The smallest absolute Gasteiger partial charge is 0.267 e. The lowest BCUT2D eigenvalue weighted by atomic mass is 9.96. The van der Waals surface area contributed by atoms with Gasteiger partial charge in [0.05, 0.1) is 11.2 Å². The molecule has 6 nitrogen and oxygen atoms in total. The van der Waals surface area contributed by atoms with E-state index in [2.05, 4.69) is 20.0 Å². The van der Waals surface area contributed by atoms with E-state index in [1.54, 1.807) is 16.8 Å². The zero-order valence-corrected chi connectivity index (χ0v) is 15.6. The Morgan fingerprint density at radius 2 is 1.96 bits per heavy atom. The molecule has 0 N–H and O–H groups in total. The van der Waals surface area contributed by atoms with Crippen molar-refractivity contribution in [2.75, 3.05) is 18.0 Å². The third kappa shape index (κ3) is 3.15. The molecule has 1 aromatic carbocycles. The van der Waals surface area contributed by atoms with Crippen LogP contribution in [-0.2, 0) is 19.4 Å². The van der Waals surface area contributed by atoms with Gasteiger partial charge in [-0.05, 0) is 55.7 Å². The molecule has 0 amide bonds. The minimum absolute atomic E-state index is 0.0203. The van der Waals surface area contributed by atoms with Crippen LogP contribution in [0.3, 0.4) is 0 Å². The number of aromatic nitrogens is 4. The molecule has 0 unspecified atom stereocenters. The number of anilines is 1. The fraction of sp³-hybridized carbons (Fsp3) is 0.429. The molecule has 2 aromatic heterocycles. The number of rotatable bonds is 3. The first-order chi connectivity index (χ1) is 13.7. The molecule has 0 radical (unpaired) electrons. The second-order valence-corrected chi connectivity index (χ2v) is 7.78.